The highest BCUT2D eigenvalue weighted by atomic mass is 15.1. The molecule has 0 atom stereocenters. The monoisotopic (exact) mass is 681 g/mol. The van der Waals surface area contributed by atoms with Gasteiger partial charge in [-0.25, -0.2) is 0 Å². The summed E-state index contributed by atoms with van der Waals surface area (Å²) in [5, 5.41) is 7.74. The summed E-state index contributed by atoms with van der Waals surface area (Å²) in [4.78, 5) is 4.87. The van der Waals surface area contributed by atoms with Gasteiger partial charge in [-0.1, -0.05) is 129 Å². The van der Waals surface area contributed by atoms with Crippen LogP contribution in [0.5, 0.6) is 0 Å². The van der Waals surface area contributed by atoms with Gasteiger partial charge in [0.25, 0.3) is 0 Å². The molecule has 0 fully saturated rings. The topological polar surface area (TPSA) is 6.48 Å². The number of para-hydroxylation sites is 4. The van der Waals surface area contributed by atoms with Crippen LogP contribution in [0, 0.1) is 0 Å². The molecule has 0 saturated heterocycles. The molecule has 0 aliphatic heterocycles. The summed E-state index contributed by atoms with van der Waals surface area (Å²) in [6, 6.07) is 63.8. The fourth-order valence-electron chi connectivity index (χ4n) is 8.80. The molecular formula is C51H40N2. The fraction of sp³-hybridized carbons (Fsp3) is 0.0980. The van der Waals surface area contributed by atoms with E-state index in [4.69, 9.17) is 1.37 Å². The Morgan fingerprint density at radius 3 is 1.49 bits per heavy atom. The molecule has 0 spiro atoms. The maximum atomic E-state index is 8.33. The summed E-state index contributed by atoms with van der Waals surface area (Å²) >= 11 is 0. The zero-order valence-corrected chi connectivity index (χ0v) is 30.1. The predicted octanol–water partition coefficient (Wildman–Crippen LogP) is 14.4. The molecule has 0 heterocycles. The van der Waals surface area contributed by atoms with Crippen LogP contribution < -0.4 is 9.80 Å². The Balaban J connectivity index is 1.40. The first kappa shape index (κ1) is 30.3. The van der Waals surface area contributed by atoms with E-state index < -0.39 is 0 Å². The van der Waals surface area contributed by atoms with E-state index in [0.717, 1.165) is 52.4 Å². The van der Waals surface area contributed by atoms with Crippen LogP contribution in [-0.2, 0) is 11.8 Å². The number of anilines is 6. The molecule has 0 aromatic heterocycles. The molecule has 53 heavy (non-hydrogen) atoms. The molecule has 0 N–H and O–H groups in total. The molecule has 1 aliphatic carbocycles. The van der Waals surface area contributed by atoms with E-state index in [2.05, 4.69) is 187 Å². The minimum Gasteiger partial charge on any atom is -0.310 e. The molecular weight excluding hydrogens is 641 g/mol. The Morgan fingerprint density at radius 1 is 0.472 bits per heavy atom. The number of nitrogens with zero attached hydrogens (tertiary/aromatic N) is 2. The van der Waals surface area contributed by atoms with Gasteiger partial charge in [0.15, 0.2) is 0 Å². The van der Waals surface area contributed by atoms with Crippen molar-refractivity contribution in [2.45, 2.75) is 32.1 Å². The molecule has 1 aliphatic rings. The van der Waals surface area contributed by atoms with Gasteiger partial charge in [0.2, 0.25) is 0 Å². The van der Waals surface area contributed by atoms with Gasteiger partial charge >= 0.3 is 0 Å². The molecule has 10 rings (SSSR count). The molecule has 0 bridgehead atoms. The van der Waals surface area contributed by atoms with E-state index in [-0.39, 0.29) is 5.41 Å². The van der Waals surface area contributed by atoms with Crippen molar-refractivity contribution in [2.75, 3.05) is 9.80 Å². The maximum Gasteiger partial charge on any atom is 0.0623 e. The quantitative estimate of drug-likeness (QED) is 0.155. The van der Waals surface area contributed by atoms with Crippen LogP contribution in [-0.4, -0.2) is 0 Å². The first-order chi connectivity index (χ1) is 26.5. The van der Waals surface area contributed by atoms with E-state index in [1.165, 1.54) is 49.1 Å². The Hall–Kier alpha value is -6.38. The van der Waals surface area contributed by atoms with E-state index in [0.29, 0.717) is 6.04 Å². The first-order valence-electron chi connectivity index (χ1n) is 19.2. The normalized spacial score (nSPS) is 13.7. The average Bonchev–Trinajstić information content (AvgIpc) is 3.21. The predicted molar refractivity (Wildman–Crippen MR) is 226 cm³/mol. The van der Waals surface area contributed by atoms with Crippen molar-refractivity contribution >= 4 is 66.4 Å². The number of benzene rings is 9. The highest BCUT2D eigenvalue weighted by molar-refractivity contribution is 6.32. The van der Waals surface area contributed by atoms with E-state index in [9.17, 15) is 0 Å². The van der Waals surface area contributed by atoms with Gasteiger partial charge in [-0.2, -0.15) is 0 Å². The Bertz CT molecular complexity index is 2700. The second-order valence-electron chi connectivity index (χ2n) is 14.9. The summed E-state index contributed by atoms with van der Waals surface area (Å²) in [6.45, 7) is 4.85. The molecule has 0 amide bonds. The second-order valence-corrected chi connectivity index (χ2v) is 14.9. The van der Waals surface area contributed by atoms with Crippen molar-refractivity contribution < 1.29 is 1.37 Å². The Kier molecular flexibility index (Phi) is 7.08. The van der Waals surface area contributed by atoms with Gasteiger partial charge in [-0.15, -0.1) is 0 Å². The minimum absolute atomic E-state index is 0.00985. The van der Waals surface area contributed by atoms with E-state index in [1.54, 1.807) is 0 Å². The van der Waals surface area contributed by atoms with Crippen molar-refractivity contribution in [3.63, 3.8) is 0 Å². The smallest absolute Gasteiger partial charge is 0.0623 e. The van der Waals surface area contributed by atoms with Crippen LogP contribution in [0.3, 0.4) is 0 Å². The van der Waals surface area contributed by atoms with Crippen LogP contribution in [0.2, 0.25) is 0 Å². The fourth-order valence-corrected chi connectivity index (χ4v) is 8.80. The van der Waals surface area contributed by atoms with Crippen molar-refractivity contribution in [1.29, 1.82) is 0 Å². The molecule has 0 unspecified atom stereocenters. The maximum absolute atomic E-state index is 8.33. The van der Waals surface area contributed by atoms with Crippen molar-refractivity contribution in [1.82, 2.24) is 0 Å². The first-order valence-corrected chi connectivity index (χ1v) is 18.7. The minimum atomic E-state index is -0.00985. The average molecular weight is 682 g/mol. The molecule has 9 aromatic carbocycles. The van der Waals surface area contributed by atoms with Crippen molar-refractivity contribution in [3.05, 3.63) is 193 Å². The summed E-state index contributed by atoms with van der Waals surface area (Å²) < 4.78 is 8.33. The molecule has 2 nitrogen and oxygen atoms in total. The van der Waals surface area contributed by atoms with Gasteiger partial charge < -0.3 is 9.80 Å². The van der Waals surface area contributed by atoms with Crippen LogP contribution in [0.15, 0.2) is 182 Å². The van der Waals surface area contributed by atoms with Crippen LogP contribution in [0.4, 0.5) is 34.1 Å². The van der Waals surface area contributed by atoms with Crippen LogP contribution >= 0.6 is 0 Å². The molecule has 0 saturated carbocycles. The van der Waals surface area contributed by atoms with Crippen molar-refractivity contribution in [3.8, 4) is 11.1 Å². The highest BCUT2D eigenvalue weighted by Gasteiger charge is 2.33. The Morgan fingerprint density at radius 2 is 0.962 bits per heavy atom. The standard InChI is InChI=1S/C51H40N2/c1-51(2)31-30-36-32-46(52(37-20-10-4-11-21-37)38-22-12-5-13-23-38)42-29-28-41-43(35-18-8-3-9-19-35)34-47(44-33-45(51)48(36)50(42)49(41)44)53(39-24-14-6-15-25-39)40-26-16-7-17-27-40/h3-29,32-34H,30-31H2,1-2H3/i3D. The lowest BCUT2D eigenvalue weighted by molar-refractivity contribution is 0.475. The third kappa shape index (κ3) is 5.09. The lowest BCUT2D eigenvalue weighted by atomic mass is 9.70. The van der Waals surface area contributed by atoms with Gasteiger partial charge in [-0.05, 0) is 118 Å². The number of hydrogen-bond donors (Lipinski definition) is 0. The largest absolute Gasteiger partial charge is 0.310 e. The van der Waals surface area contributed by atoms with Gasteiger partial charge in [0, 0.05) is 44.3 Å². The molecule has 0 radical (unpaired) electrons. The highest BCUT2D eigenvalue weighted by Crippen LogP contribution is 2.54. The second kappa shape index (κ2) is 12.4. The van der Waals surface area contributed by atoms with E-state index in [1.807, 2.05) is 12.1 Å². The van der Waals surface area contributed by atoms with Gasteiger partial charge in [0.05, 0.1) is 12.7 Å². The molecule has 9 aromatic rings. The van der Waals surface area contributed by atoms with E-state index >= 15 is 0 Å². The van der Waals surface area contributed by atoms with Crippen LogP contribution in [0.1, 0.15) is 32.8 Å². The SMILES string of the molecule is [2H]c1ccc(-c2cc(N(c3ccccc3)c3ccccc3)c3cc4c5c(cc(N(c6ccccc6)c6ccccc6)c6ccc2c3c65)CCC4(C)C)cc1. The summed E-state index contributed by atoms with van der Waals surface area (Å²) in [5.74, 6) is 0. The van der Waals surface area contributed by atoms with Gasteiger partial charge in [0.1, 0.15) is 0 Å². The lowest BCUT2D eigenvalue weighted by Gasteiger charge is -2.37. The zero-order chi connectivity index (χ0) is 36.4. The molecule has 254 valence electrons. The third-order valence-corrected chi connectivity index (χ3v) is 11.4. The van der Waals surface area contributed by atoms with Crippen LogP contribution in [0.25, 0.3) is 43.4 Å². The Labute approximate surface area is 312 Å². The summed E-state index contributed by atoms with van der Waals surface area (Å²) in [5.41, 5.74) is 11.9. The number of rotatable bonds is 7. The third-order valence-electron chi connectivity index (χ3n) is 11.4. The summed E-state index contributed by atoms with van der Waals surface area (Å²) in [7, 11) is 0. The lowest BCUT2D eigenvalue weighted by Crippen LogP contribution is -2.24. The number of aryl methyl sites for hydroxylation is 1. The van der Waals surface area contributed by atoms with Crippen molar-refractivity contribution in [2.24, 2.45) is 0 Å². The van der Waals surface area contributed by atoms with Gasteiger partial charge in [-0.3, -0.25) is 0 Å². The zero-order valence-electron chi connectivity index (χ0n) is 31.1. The molecule has 2 heteroatoms. The number of hydrogen-bond acceptors (Lipinski definition) is 2. The summed E-state index contributed by atoms with van der Waals surface area (Å²) in [6.07, 6.45) is 2.09.